The van der Waals surface area contributed by atoms with E-state index in [4.69, 9.17) is 5.11 Å². The SMILES string of the molecule is CCCCC(C)O.Cl. The molecule has 52 valence electrons. The molecule has 0 saturated heterocycles. The van der Waals surface area contributed by atoms with Crippen LogP contribution in [0.15, 0.2) is 0 Å². The van der Waals surface area contributed by atoms with Gasteiger partial charge in [0.2, 0.25) is 0 Å². The van der Waals surface area contributed by atoms with E-state index in [0.717, 1.165) is 12.8 Å². The Bertz CT molecular complexity index is 37.5. The lowest BCUT2D eigenvalue weighted by Gasteiger charge is -1.98. The first-order valence-corrected chi connectivity index (χ1v) is 2.95. The number of rotatable bonds is 3. The predicted octanol–water partition coefficient (Wildman–Crippen LogP) is 1.98. The van der Waals surface area contributed by atoms with Gasteiger partial charge in [-0.2, -0.15) is 0 Å². The first kappa shape index (κ1) is 11.1. The lowest BCUT2D eigenvalue weighted by Crippen LogP contribution is -1.97. The maximum absolute atomic E-state index is 8.68. The van der Waals surface area contributed by atoms with Crippen LogP contribution in [0.3, 0.4) is 0 Å². The fourth-order valence-corrected chi connectivity index (χ4v) is 0.500. The minimum atomic E-state index is -0.0973. The molecule has 0 amide bonds. The highest BCUT2D eigenvalue weighted by Gasteiger charge is 1.90. The third kappa shape index (κ3) is 9.54. The van der Waals surface area contributed by atoms with E-state index in [1.807, 2.05) is 6.92 Å². The Morgan fingerprint density at radius 2 is 2.00 bits per heavy atom. The molecule has 0 aromatic rings. The molecule has 0 radical (unpaired) electrons. The second-order valence-electron chi connectivity index (χ2n) is 1.99. The minimum Gasteiger partial charge on any atom is -0.393 e. The summed E-state index contributed by atoms with van der Waals surface area (Å²) in [6.07, 6.45) is 3.19. The van der Waals surface area contributed by atoms with Gasteiger partial charge in [0.05, 0.1) is 6.10 Å². The Hall–Kier alpha value is 0.250. The standard InChI is InChI=1S/C6H14O.ClH/c1-3-4-5-6(2)7;/h6-7H,3-5H2,1-2H3;1H. The van der Waals surface area contributed by atoms with E-state index < -0.39 is 0 Å². The van der Waals surface area contributed by atoms with Gasteiger partial charge in [0, 0.05) is 0 Å². The molecule has 0 aliphatic rings. The Balaban J connectivity index is 0. The summed E-state index contributed by atoms with van der Waals surface area (Å²) in [7, 11) is 0. The molecule has 2 heteroatoms. The Kier molecular flexibility index (Phi) is 10.1. The third-order valence-corrected chi connectivity index (χ3v) is 0.975. The summed E-state index contributed by atoms with van der Waals surface area (Å²) in [4.78, 5) is 0. The van der Waals surface area contributed by atoms with E-state index >= 15 is 0 Å². The highest BCUT2D eigenvalue weighted by molar-refractivity contribution is 5.85. The lowest BCUT2D eigenvalue weighted by molar-refractivity contribution is 0.181. The molecule has 0 fully saturated rings. The molecule has 0 heterocycles. The third-order valence-electron chi connectivity index (χ3n) is 0.975. The van der Waals surface area contributed by atoms with Crippen LogP contribution in [0.4, 0.5) is 0 Å². The molecule has 1 atom stereocenters. The van der Waals surface area contributed by atoms with Gasteiger partial charge < -0.3 is 5.11 Å². The summed E-state index contributed by atoms with van der Waals surface area (Å²) in [5.74, 6) is 0. The monoisotopic (exact) mass is 138 g/mol. The van der Waals surface area contributed by atoms with Crippen molar-refractivity contribution in [2.24, 2.45) is 0 Å². The van der Waals surface area contributed by atoms with Gasteiger partial charge in [-0.05, 0) is 13.3 Å². The van der Waals surface area contributed by atoms with Gasteiger partial charge in [0.1, 0.15) is 0 Å². The zero-order valence-electron chi connectivity index (χ0n) is 5.55. The van der Waals surface area contributed by atoms with E-state index in [1.54, 1.807) is 0 Å². The molecule has 1 unspecified atom stereocenters. The van der Waals surface area contributed by atoms with Crippen molar-refractivity contribution in [2.45, 2.75) is 39.2 Å². The molecule has 0 spiro atoms. The smallest absolute Gasteiger partial charge is 0.0512 e. The van der Waals surface area contributed by atoms with Crippen LogP contribution in [0, 0.1) is 0 Å². The fraction of sp³-hybridized carbons (Fsp3) is 1.00. The highest BCUT2D eigenvalue weighted by atomic mass is 35.5. The van der Waals surface area contributed by atoms with Crippen molar-refractivity contribution in [2.75, 3.05) is 0 Å². The Morgan fingerprint density at radius 3 is 2.12 bits per heavy atom. The second kappa shape index (κ2) is 7.25. The van der Waals surface area contributed by atoms with Crippen LogP contribution in [0.25, 0.3) is 0 Å². The van der Waals surface area contributed by atoms with Gasteiger partial charge in [-0.3, -0.25) is 0 Å². The summed E-state index contributed by atoms with van der Waals surface area (Å²) in [5, 5.41) is 8.68. The van der Waals surface area contributed by atoms with Crippen LogP contribution in [-0.2, 0) is 0 Å². The normalized spacial score (nSPS) is 12.4. The summed E-state index contributed by atoms with van der Waals surface area (Å²) in [6, 6.07) is 0. The molecule has 1 N–H and O–H groups in total. The largest absolute Gasteiger partial charge is 0.393 e. The molecule has 0 aliphatic heterocycles. The molecule has 0 rings (SSSR count). The van der Waals surface area contributed by atoms with Crippen LogP contribution in [0.1, 0.15) is 33.1 Å². The molecular formula is C6H15ClO. The van der Waals surface area contributed by atoms with Crippen molar-refractivity contribution < 1.29 is 5.11 Å². The molecule has 0 aliphatic carbocycles. The zero-order valence-corrected chi connectivity index (χ0v) is 6.37. The van der Waals surface area contributed by atoms with Crippen LogP contribution in [0.2, 0.25) is 0 Å². The molecule has 0 bridgehead atoms. The number of hydrogen-bond donors (Lipinski definition) is 1. The molecule has 1 nitrogen and oxygen atoms in total. The number of aliphatic hydroxyl groups excluding tert-OH is 1. The second-order valence-corrected chi connectivity index (χ2v) is 1.99. The van der Waals surface area contributed by atoms with E-state index in [2.05, 4.69) is 6.92 Å². The number of halogens is 1. The van der Waals surface area contributed by atoms with E-state index in [1.165, 1.54) is 6.42 Å². The van der Waals surface area contributed by atoms with Crippen LogP contribution in [0.5, 0.6) is 0 Å². The maximum atomic E-state index is 8.68. The summed E-state index contributed by atoms with van der Waals surface area (Å²) < 4.78 is 0. The number of hydrogen-bond acceptors (Lipinski definition) is 1. The van der Waals surface area contributed by atoms with Crippen molar-refractivity contribution in [1.82, 2.24) is 0 Å². The molecular weight excluding hydrogens is 124 g/mol. The summed E-state index contributed by atoms with van der Waals surface area (Å²) in [5.41, 5.74) is 0. The quantitative estimate of drug-likeness (QED) is 0.633. The average Bonchev–Trinajstić information content (AvgIpc) is 1.61. The molecule has 8 heavy (non-hydrogen) atoms. The minimum absolute atomic E-state index is 0. The number of aliphatic hydroxyl groups is 1. The zero-order chi connectivity index (χ0) is 5.70. The molecule has 0 aromatic carbocycles. The van der Waals surface area contributed by atoms with Crippen molar-refractivity contribution in [3.05, 3.63) is 0 Å². The van der Waals surface area contributed by atoms with Crippen LogP contribution < -0.4 is 0 Å². The van der Waals surface area contributed by atoms with Gasteiger partial charge in [-0.15, -0.1) is 12.4 Å². The molecule has 0 aromatic heterocycles. The fourth-order valence-electron chi connectivity index (χ4n) is 0.500. The van der Waals surface area contributed by atoms with Crippen molar-refractivity contribution in [1.29, 1.82) is 0 Å². The van der Waals surface area contributed by atoms with Gasteiger partial charge >= 0.3 is 0 Å². The Labute approximate surface area is 57.5 Å². The maximum Gasteiger partial charge on any atom is 0.0512 e. The highest BCUT2D eigenvalue weighted by Crippen LogP contribution is 1.97. The van der Waals surface area contributed by atoms with Gasteiger partial charge in [0.25, 0.3) is 0 Å². The van der Waals surface area contributed by atoms with Crippen molar-refractivity contribution in [3.63, 3.8) is 0 Å². The van der Waals surface area contributed by atoms with Gasteiger partial charge in [-0.25, -0.2) is 0 Å². The first-order valence-electron chi connectivity index (χ1n) is 2.95. The summed E-state index contributed by atoms with van der Waals surface area (Å²) >= 11 is 0. The van der Waals surface area contributed by atoms with Crippen LogP contribution in [-0.4, -0.2) is 11.2 Å². The van der Waals surface area contributed by atoms with E-state index in [0.29, 0.717) is 0 Å². The van der Waals surface area contributed by atoms with E-state index in [-0.39, 0.29) is 18.5 Å². The first-order chi connectivity index (χ1) is 3.27. The van der Waals surface area contributed by atoms with Crippen LogP contribution >= 0.6 is 12.4 Å². The van der Waals surface area contributed by atoms with Gasteiger partial charge in [-0.1, -0.05) is 19.8 Å². The van der Waals surface area contributed by atoms with E-state index in [9.17, 15) is 0 Å². The summed E-state index contributed by atoms with van der Waals surface area (Å²) in [6.45, 7) is 3.96. The molecule has 0 saturated carbocycles. The average molecular weight is 139 g/mol. The Morgan fingerprint density at radius 1 is 1.50 bits per heavy atom. The van der Waals surface area contributed by atoms with Crippen molar-refractivity contribution in [3.8, 4) is 0 Å². The van der Waals surface area contributed by atoms with Crippen molar-refractivity contribution >= 4 is 12.4 Å². The predicted molar refractivity (Wildman–Crippen MR) is 38.5 cm³/mol. The lowest BCUT2D eigenvalue weighted by atomic mass is 10.2. The van der Waals surface area contributed by atoms with Gasteiger partial charge in [0.15, 0.2) is 0 Å². The number of unbranched alkanes of at least 4 members (excludes halogenated alkanes) is 1. The topological polar surface area (TPSA) is 20.2 Å².